The molecule has 0 amide bonds. The summed E-state index contributed by atoms with van der Waals surface area (Å²) in [6, 6.07) is 1.83. The summed E-state index contributed by atoms with van der Waals surface area (Å²) in [7, 11) is 0. The van der Waals surface area contributed by atoms with Gasteiger partial charge in [-0.2, -0.15) is 13.2 Å². The van der Waals surface area contributed by atoms with Crippen LogP contribution in [0.3, 0.4) is 0 Å². The zero-order chi connectivity index (χ0) is 9.35. The number of alkyl halides is 3. The topological polar surface area (TPSA) is 12.9 Å². The van der Waals surface area contributed by atoms with Crippen LogP contribution in [0, 0.1) is 5.95 Å². The van der Waals surface area contributed by atoms with Crippen LogP contribution in [-0.4, -0.2) is 4.98 Å². The molecule has 0 aliphatic rings. The molecule has 66 valence electrons. The van der Waals surface area contributed by atoms with E-state index in [0.717, 1.165) is 12.1 Å². The first-order valence-corrected chi connectivity index (χ1v) is 3.56. The first-order chi connectivity index (χ1) is 5.41. The summed E-state index contributed by atoms with van der Waals surface area (Å²) in [6.45, 7) is 0. The molecule has 0 aliphatic carbocycles. The molecule has 0 bridgehead atoms. The quantitative estimate of drug-likeness (QED) is 0.518. The highest BCUT2D eigenvalue weighted by molar-refractivity contribution is 6.30. The first kappa shape index (κ1) is 9.61. The molecule has 1 aromatic heterocycles. The van der Waals surface area contributed by atoms with Crippen molar-refractivity contribution in [2.24, 2.45) is 0 Å². The van der Waals surface area contributed by atoms with Gasteiger partial charge in [0, 0.05) is 0 Å². The van der Waals surface area contributed by atoms with Crippen LogP contribution < -0.4 is 0 Å². The number of pyridine rings is 1. The SMILES string of the molecule is Fc1nc(C(F)(F)Cl)ccc1Cl. The smallest absolute Gasteiger partial charge is 0.216 e. The standard InChI is InChI=1S/C6H2Cl2F3N/c7-3-1-2-4(6(8,10)11)12-5(3)9/h1-2H. The van der Waals surface area contributed by atoms with Gasteiger partial charge in [0.15, 0.2) is 0 Å². The predicted octanol–water partition coefficient (Wildman–Crippen LogP) is 3.16. The van der Waals surface area contributed by atoms with Crippen LogP contribution in [0.25, 0.3) is 0 Å². The predicted molar refractivity (Wildman–Crippen MR) is 39.0 cm³/mol. The summed E-state index contributed by atoms with van der Waals surface area (Å²) >= 11 is 9.78. The average Bonchev–Trinajstić information content (AvgIpc) is 1.92. The molecule has 1 aromatic rings. The van der Waals surface area contributed by atoms with Gasteiger partial charge in [-0.25, -0.2) is 4.98 Å². The van der Waals surface area contributed by atoms with Crippen molar-refractivity contribution in [3.05, 3.63) is 28.8 Å². The Morgan fingerprint density at radius 2 is 1.92 bits per heavy atom. The van der Waals surface area contributed by atoms with Crippen LogP contribution in [-0.2, 0) is 5.38 Å². The van der Waals surface area contributed by atoms with Gasteiger partial charge in [0.05, 0.1) is 5.02 Å². The van der Waals surface area contributed by atoms with Gasteiger partial charge in [-0.1, -0.05) is 11.6 Å². The molecule has 6 heteroatoms. The van der Waals surface area contributed by atoms with Crippen LogP contribution in [0.2, 0.25) is 5.02 Å². The second kappa shape index (κ2) is 3.11. The molecule has 1 rings (SSSR count). The Morgan fingerprint density at radius 1 is 1.33 bits per heavy atom. The third-order valence-electron chi connectivity index (χ3n) is 1.09. The maximum absolute atomic E-state index is 12.5. The molecule has 0 radical (unpaired) electrons. The van der Waals surface area contributed by atoms with Gasteiger partial charge in [0.2, 0.25) is 5.95 Å². The van der Waals surface area contributed by atoms with Gasteiger partial charge in [-0.05, 0) is 23.7 Å². The molecule has 1 nitrogen and oxygen atoms in total. The maximum atomic E-state index is 12.5. The lowest BCUT2D eigenvalue weighted by Gasteiger charge is -2.06. The monoisotopic (exact) mass is 215 g/mol. The van der Waals surface area contributed by atoms with Crippen LogP contribution in [0.1, 0.15) is 5.69 Å². The molecule has 0 fully saturated rings. The largest absolute Gasteiger partial charge is 0.364 e. The van der Waals surface area contributed by atoms with Crippen molar-refractivity contribution in [2.75, 3.05) is 0 Å². The van der Waals surface area contributed by atoms with E-state index in [4.69, 9.17) is 11.6 Å². The molecule has 12 heavy (non-hydrogen) atoms. The number of hydrogen-bond acceptors (Lipinski definition) is 1. The Kier molecular flexibility index (Phi) is 2.49. The lowest BCUT2D eigenvalue weighted by atomic mass is 10.3. The third kappa shape index (κ3) is 2.01. The van der Waals surface area contributed by atoms with E-state index in [1.165, 1.54) is 0 Å². The Bertz CT molecular complexity index is 297. The number of aromatic nitrogens is 1. The van der Waals surface area contributed by atoms with Gasteiger partial charge in [-0.3, -0.25) is 0 Å². The van der Waals surface area contributed by atoms with Crippen LogP contribution in [0.15, 0.2) is 12.1 Å². The van der Waals surface area contributed by atoms with Gasteiger partial charge in [-0.15, -0.1) is 0 Å². The van der Waals surface area contributed by atoms with Crippen molar-refractivity contribution in [2.45, 2.75) is 5.38 Å². The van der Waals surface area contributed by atoms with E-state index in [0.29, 0.717) is 0 Å². The number of rotatable bonds is 1. The van der Waals surface area contributed by atoms with Gasteiger partial charge in [0.25, 0.3) is 0 Å². The summed E-state index contributed by atoms with van der Waals surface area (Å²) in [5.74, 6) is -1.16. The van der Waals surface area contributed by atoms with Crippen molar-refractivity contribution in [1.29, 1.82) is 0 Å². The van der Waals surface area contributed by atoms with Crippen molar-refractivity contribution >= 4 is 23.2 Å². The third-order valence-corrected chi connectivity index (χ3v) is 1.57. The van der Waals surface area contributed by atoms with E-state index in [2.05, 4.69) is 16.6 Å². The highest BCUT2D eigenvalue weighted by atomic mass is 35.5. The lowest BCUT2D eigenvalue weighted by Crippen LogP contribution is -2.07. The molecule has 0 unspecified atom stereocenters. The minimum Gasteiger partial charge on any atom is -0.216 e. The summed E-state index contributed by atoms with van der Waals surface area (Å²) in [6.07, 6.45) is 0. The Morgan fingerprint density at radius 3 is 2.33 bits per heavy atom. The zero-order valence-corrected chi connectivity index (χ0v) is 7.00. The van der Waals surface area contributed by atoms with Crippen molar-refractivity contribution in [3.8, 4) is 0 Å². The van der Waals surface area contributed by atoms with E-state index in [1.54, 1.807) is 0 Å². The van der Waals surface area contributed by atoms with E-state index in [-0.39, 0.29) is 5.02 Å². The molecule has 0 saturated carbocycles. The summed E-state index contributed by atoms with van der Waals surface area (Å²) < 4.78 is 37.0. The second-order valence-electron chi connectivity index (χ2n) is 1.97. The fourth-order valence-corrected chi connectivity index (χ4v) is 0.786. The fraction of sp³-hybridized carbons (Fsp3) is 0.167. The van der Waals surface area contributed by atoms with Gasteiger partial charge in [0.1, 0.15) is 5.69 Å². The number of halogens is 5. The number of nitrogens with zero attached hydrogens (tertiary/aromatic N) is 1. The highest BCUT2D eigenvalue weighted by Gasteiger charge is 2.30. The normalized spacial score (nSPS) is 11.8. The maximum Gasteiger partial charge on any atom is 0.364 e. The van der Waals surface area contributed by atoms with Crippen molar-refractivity contribution < 1.29 is 13.2 Å². The Balaban J connectivity index is 3.14. The molecule has 0 spiro atoms. The summed E-state index contributed by atoms with van der Waals surface area (Å²) in [5, 5.41) is -3.98. The molecule has 0 aromatic carbocycles. The van der Waals surface area contributed by atoms with Gasteiger partial charge < -0.3 is 0 Å². The average molecular weight is 216 g/mol. The van der Waals surface area contributed by atoms with Crippen molar-refractivity contribution in [3.63, 3.8) is 0 Å². The molecule has 0 aliphatic heterocycles. The van der Waals surface area contributed by atoms with Crippen LogP contribution >= 0.6 is 23.2 Å². The summed E-state index contributed by atoms with van der Waals surface area (Å²) in [4.78, 5) is 2.86. The van der Waals surface area contributed by atoms with Crippen LogP contribution in [0.4, 0.5) is 13.2 Å². The molecule has 0 saturated heterocycles. The Hall–Kier alpha value is -0.480. The molecule has 0 atom stereocenters. The Labute approximate surface area is 76.1 Å². The zero-order valence-electron chi connectivity index (χ0n) is 5.49. The number of hydrogen-bond donors (Lipinski definition) is 0. The van der Waals surface area contributed by atoms with Crippen molar-refractivity contribution in [1.82, 2.24) is 4.98 Å². The second-order valence-corrected chi connectivity index (χ2v) is 2.85. The molecular weight excluding hydrogens is 214 g/mol. The minimum atomic E-state index is -3.66. The lowest BCUT2D eigenvalue weighted by molar-refractivity contribution is 0.0889. The molecule has 1 heterocycles. The van der Waals surface area contributed by atoms with E-state index in [9.17, 15) is 13.2 Å². The van der Waals surface area contributed by atoms with E-state index >= 15 is 0 Å². The highest BCUT2D eigenvalue weighted by Crippen LogP contribution is 2.31. The van der Waals surface area contributed by atoms with E-state index in [1.807, 2.05) is 0 Å². The van der Waals surface area contributed by atoms with E-state index < -0.39 is 17.0 Å². The first-order valence-electron chi connectivity index (χ1n) is 2.80. The van der Waals surface area contributed by atoms with Crippen LogP contribution in [0.5, 0.6) is 0 Å². The minimum absolute atomic E-state index is 0.320. The van der Waals surface area contributed by atoms with Gasteiger partial charge >= 0.3 is 5.38 Å². The molecule has 0 N–H and O–H groups in total. The fourth-order valence-electron chi connectivity index (χ4n) is 0.575. The molecular formula is C6H2Cl2F3N. The summed E-state index contributed by atoms with van der Waals surface area (Å²) in [5.41, 5.74) is -0.855.